The Hall–Kier alpha value is -0.370. The molecule has 0 aromatic heterocycles. The van der Waals surface area contributed by atoms with Crippen LogP contribution in [0.5, 0.6) is 0 Å². The molecule has 0 aromatic rings. The third-order valence-electron chi connectivity index (χ3n) is 1.70. The molecule has 0 amide bonds. The molecular weight excluding hydrogens is 234 g/mol. The quantitative estimate of drug-likeness (QED) is 0.633. The van der Waals surface area contributed by atoms with Gasteiger partial charge in [-0.1, -0.05) is 0 Å². The summed E-state index contributed by atoms with van der Waals surface area (Å²) < 4.78 is 26.0. The second-order valence-corrected chi connectivity index (χ2v) is 4.56. The monoisotopic (exact) mass is 245 g/mol. The molecule has 14 heavy (non-hydrogen) atoms. The standard InChI is InChI=1S/C6H11NO5S.ClH/c1-13(10,11)12-4-2-5(6(8)9)7-3-4;/h4-5,7H,2-3H2,1H3,(H,8,9);1H/t4-,5-;/m0./s1. The van der Waals surface area contributed by atoms with Gasteiger partial charge in [-0.05, 0) is 0 Å². The molecule has 8 heteroatoms. The molecule has 1 saturated heterocycles. The maximum absolute atomic E-state index is 10.7. The van der Waals surface area contributed by atoms with Crippen LogP contribution in [0, 0.1) is 0 Å². The molecule has 0 radical (unpaired) electrons. The molecule has 1 fully saturated rings. The van der Waals surface area contributed by atoms with Crippen molar-refractivity contribution in [2.45, 2.75) is 18.6 Å². The third kappa shape index (κ3) is 4.23. The molecule has 0 unspecified atom stereocenters. The van der Waals surface area contributed by atoms with Gasteiger partial charge in [0.2, 0.25) is 0 Å². The van der Waals surface area contributed by atoms with Gasteiger partial charge in [0.15, 0.2) is 0 Å². The summed E-state index contributed by atoms with van der Waals surface area (Å²) in [7, 11) is -3.49. The van der Waals surface area contributed by atoms with Crippen LogP contribution < -0.4 is 5.32 Å². The Kier molecular flexibility index (Phi) is 4.79. The van der Waals surface area contributed by atoms with Crippen LogP contribution in [-0.2, 0) is 19.1 Å². The van der Waals surface area contributed by atoms with E-state index in [-0.39, 0.29) is 25.4 Å². The van der Waals surface area contributed by atoms with E-state index < -0.39 is 28.2 Å². The van der Waals surface area contributed by atoms with Gasteiger partial charge >= 0.3 is 5.97 Å². The predicted molar refractivity (Wildman–Crippen MR) is 51.0 cm³/mol. The van der Waals surface area contributed by atoms with Gasteiger partial charge in [0.1, 0.15) is 6.04 Å². The van der Waals surface area contributed by atoms with E-state index in [0.29, 0.717) is 0 Å². The van der Waals surface area contributed by atoms with Crippen LogP contribution in [0.25, 0.3) is 0 Å². The fourth-order valence-electron chi connectivity index (χ4n) is 1.21. The highest BCUT2D eigenvalue weighted by Crippen LogP contribution is 2.12. The Morgan fingerprint density at radius 2 is 2.14 bits per heavy atom. The van der Waals surface area contributed by atoms with E-state index in [1.54, 1.807) is 0 Å². The topological polar surface area (TPSA) is 92.7 Å². The number of aliphatic carboxylic acids is 1. The lowest BCUT2D eigenvalue weighted by Crippen LogP contribution is -2.30. The van der Waals surface area contributed by atoms with E-state index in [2.05, 4.69) is 9.50 Å². The molecule has 1 aliphatic rings. The molecule has 1 heterocycles. The number of carboxylic acid groups (broad SMARTS) is 1. The summed E-state index contributed by atoms with van der Waals surface area (Å²) in [6.45, 7) is 0.254. The summed E-state index contributed by atoms with van der Waals surface area (Å²) in [6, 6.07) is -0.702. The zero-order chi connectivity index (χ0) is 10.1. The smallest absolute Gasteiger partial charge is 0.320 e. The minimum absolute atomic E-state index is 0. The van der Waals surface area contributed by atoms with E-state index in [1.807, 2.05) is 0 Å². The van der Waals surface area contributed by atoms with Crippen molar-refractivity contribution in [1.29, 1.82) is 0 Å². The van der Waals surface area contributed by atoms with Gasteiger partial charge in [0, 0.05) is 13.0 Å². The van der Waals surface area contributed by atoms with Gasteiger partial charge < -0.3 is 10.4 Å². The minimum atomic E-state index is -3.49. The van der Waals surface area contributed by atoms with Crippen LogP contribution in [0.2, 0.25) is 0 Å². The first-order valence-corrected chi connectivity index (χ1v) is 5.54. The normalized spacial score (nSPS) is 26.9. The number of rotatable bonds is 3. The lowest BCUT2D eigenvalue weighted by atomic mass is 10.2. The Morgan fingerprint density at radius 1 is 1.57 bits per heavy atom. The summed E-state index contributed by atoms with van der Waals surface area (Å²) in [5, 5.41) is 11.2. The van der Waals surface area contributed by atoms with Crippen molar-refractivity contribution in [2.75, 3.05) is 12.8 Å². The van der Waals surface area contributed by atoms with E-state index in [9.17, 15) is 13.2 Å². The highest BCUT2D eigenvalue weighted by Gasteiger charge is 2.31. The van der Waals surface area contributed by atoms with Gasteiger partial charge in [-0.2, -0.15) is 8.42 Å². The molecule has 0 bridgehead atoms. The number of nitrogens with one attached hydrogen (secondary N) is 1. The van der Waals surface area contributed by atoms with Crippen LogP contribution >= 0.6 is 12.4 Å². The first-order valence-electron chi connectivity index (χ1n) is 3.73. The van der Waals surface area contributed by atoms with E-state index >= 15 is 0 Å². The zero-order valence-electron chi connectivity index (χ0n) is 7.47. The molecule has 2 N–H and O–H groups in total. The first-order chi connectivity index (χ1) is 5.88. The molecule has 0 aromatic carbocycles. The number of hydrogen-bond donors (Lipinski definition) is 2. The molecule has 2 atom stereocenters. The van der Waals surface area contributed by atoms with Crippen LogP contribution in [0.4, 0.5) is 0 Å². The summed E-state index contributed by atoms with van der Waals surface area (Å²) >= 11 is 0. The highest BCUT2D eigenvalue weighted by molar-refractivity contribution is 7.86. The molecular formula is C6H12ClNO5S. The molecule has 1 rings (SSSR count). The molecule has 0 saturated carbocycles. The Bertz CT molecular complexity index is 303. The minimum Gasteiger partial charge on any atom is -0.480 e. The number of hydrogen-bond acceptors (Lipinski definition) is 5. The Morgan fingerprint density at radius 3 is 2.50 bits per heavy atom. The second kappa shape index (κ2) is 4.92. The molecule has 84 valence electrons. The number of carboxylic acids is 1. The van der Waals surface area contributed by atoms with Crippen molar-refractivity contribution in [1.82, 2.24) is 5.32 Å². The Balaban J connectivity index is 0.00000169. The van der Waals surface area contributed by atoms with Crippen molar-refractivity contribution in [3.8, 4) is 0 Å². The lowest BCUT2D eigenvalue weighted by Gasteiger charge is -2.06. The first kappa shape index (κ1) is 13.6. The van der Waals surface area contributed by atoms with Crippen LogP contribution in [0.3, 0.4) is 0 Å². The number of halogens is 1. The third-order valence-corrected chi connectivity index (χ3v) is 2.32. The maximum atomic E-state index is 10.7. The fourth-order valence-corrected chi connectivity index (χ4v) is 1.85. The van der Waals surface area contributed by atoms with Crippen LogP contribution in [-0.4, -0.2) is 44.4 Å². The molecule has 6 nitrogen and oxygen atoms in total. The second-order valence-electron chi connectivity index (χ2n) is 2.96. The molecule has 0 spiro atoms. The van der Waals surface area contributed by atoms with Gasteiger partial charge in [0.05, 0.1) is 12.4 Å². The van der Waals surface area contributed by atoms with E-state index in [1.165, 1.54) is 0 Å². The van der Waals surface area contributed by atoms with E-state index in [0.717, 1.165) is 6.26 Å². The van der Waals surface area contributed by atoms with Crippen molar-refractivity contribution in [3.63, 3.8) is 0 Å². The summed E-state index contributed by atoms with van der Waals surface area (Å²) in [5.74, 6) is -0.986. The van der Waals surface area contributed by atoms with Crippen LogP contribution in [0.1, 0.15) is 6.42 Å². The average Bonchev–Trinajstić information content (AvgIpc) is 2.31. The summed E-state index contributed by atoms with van der Waals surface area (Å²) in [5.41, 5.74) is 0. The Labute approximate surface area is 88.2 Å². The zero-order valence-corrected chi connectivity index (χ0v) is 9.10. The largest absolute Gasteiger partial charge is 0.480 e. The van der Waals surface area contributed by atoms with Crippen LogP contribution in [0.15, 0.2) is 0 Å². The SMILES string of the molecule is CS(=O)(=O)O[C@@H]1CN[C@H](C(=O)O)C1.Cl. The summed E-state index contributed by atoms with van der Waals surface area (Å²) in [6.07, 6.45) is 0.569. The van der Waals surface area contributed by atoms with E-state index in [4.69, 9.17) is 5.11 Å². The maximum Gasteiger partial charge on any atom is 0.320 e. The average molecular weight is 246 g/mol. The predicted octanol–water partition coefficient (Wildman–Crippen LogP) is -0.800. The summed E-state index contributed by atoms with van der Waals surface area (Å²) in [4.78, 5) is 10.4. The van der Waals surface area contributed by atoms with Crippen molar-refractivity contribution >= 4 is 28.5 Å². The molecule has 0 aliphatic carbocycles. The van der Waals surface area contributed by atoms with Gasteiger partial charge in [0.25, 0.3) is 10.1 Å². The van der Waals surface area contributed by atoms with Gasteiger partial charge in [-0.25, -0.2) is 0 Å². The number of carbonyl (C=O) groups is 1. The van der Waals surface area contributed by atoms with Crippen molar-refractivity contribution < 1.29 is 22.5 Å². The highest BCUT2D eigenvalue weighted by atomic mass is 35.5. The van der Waals surface area contributed by atoms with Gasteiger partial charge in [-0.15, -0.1) is 12.4 Å². The van der Waals surface area contributed by atoms with Crippen molar-refractivity contribution in [3.05, 3.63) is 0 Å². The lowest BCUT2D eigenvalue weighted by molar-refractivity contribution is -0.139. The molecule has 1 aliphatic heterocycles. The van der Waals surface area contributed by atoms with Crippen molar-refractivity contribution in [2.24, 2.45) is 0 Å². The van der Waals surface area contributed by atoms with Gasteiger partial charge in [-0.3, -0.25) is 8.98 Å². The fraction of sp³-hybridized carbons (Fsp3) is 0.833.